The molecule has 1 atom stereocenters. The first kappa shape index (κ1) is 16.2. The molecule has 1 amide bonds. The van der Waals surface area contributed by atoms with Crippen LogP contribution in [0.2, 0.25) is 0 Å². The molecular weight excluding hydrogens is 342 g/mol. The predicted molar refractivity (Wildman–Crippen MR) is 104 cm³/mol. The maximum Gasteiger partial charge on any atom is 0.229 e. The fourth-order valence-electron chi connectivity index (χ4n) is 3.81. The van der Waals surface area contributed by atoms with E-state index >= 15 is 0 Å². The molecule has 5 rings (SSSR count). The lowest BCUT2D eigenvalue weighted by molar-refractivity contribution is -0.115. The van der Waals surface area contributed by atoms with E-state index in [4.69, 9.17) is 9.47 Å². The Kier molecular flexibility index (Phi) is 3.98. The van der Waals surface area contributed by atoms with Crippen LogP contribution in [0.25, 0.3) is 10.9 Å². The number of nitrogens with one attached hydrogen (secondary N) is 3. The number of hydrogen-bond donors (Lipinski definition) is 3. The van der Waals surface area contributed by atoms with Gasteiger partial charge in [0, 0.05) is 34.9 Å². The van der Waals surface area contributed by atoms with Crippen molar-refractivity contribution in [1.29, 1.82) is 0 Å². The van der Waals surface area contributed by atoms with Crippen molar-refractivity contribution in [3.05, 3.63) is 53.7 Å². The number of carbonyl (C=O) groups is 1. The normalized spacial score (nSPS) is 17.8. The van der Waals surface area contributed by atoms with Crippen molar-refractivity contribution in [1.82, 2.24) is 10.3 Å². The molecular formula is C21H21N3O3. The lowest BCUT2D eigenvalue weighted by Crippen LogP contribution is -2.39. The molecule has 0 spiro atoms. The zero-order chi connectivity index (χ0) is 18.2. The van der Waals surface area contributed by atoms with Gasteiger partial charge in [-0.05, 0) is 36.7 Å². The highest BCUT2D eigenvalue weighted by molar-refractivity contribution is 6.00. The van der Waals surface area contributed by atoms with Gasteiger partial charge in [-0.3, -0.25) is 4.79 Å². The summed E-state index contributed by atoms with van der Waals surface area (Å²) in [5.41, 5.74) is 4.22. The van der Waals surface area contributed by atoms with E-state index in [1.165, 1.54) is 16.5 Å². The quantitative estimate of drug-likeness (QED) is 0.609. The standard InChI is InChI=1S/C21H21N3O3/c25-20-9-16-18(24-20)5-6-19-21(16)27-14(12-26-19)11-22-8-7-13-10-23-17-4-2-1-3-15(13)17/h1-6,10,14,22-23H,7-9,11-12H2,(H,24,25). The smallest absolute Gasteiger partial charge is 0.229 e. The van der Waals surface area contributed by atoms with E-state index in [0.29, 0.717) is 25.3 Å². The highest BCUT2D eigenvalue weighted by Gasteiger charge is 2.29. The molecule has 138 valence electrons. The molecule has 3 N–H and O–H groups in total. The number of carbonyl (C=O) groups excluding carboxylic acids is 1. The number of H-pyrrole nitrogens is 1. The molecule has 2 aliphatic rings. The van der Waals surface area contributed by atoms with Gasteiger partial charge in [0.1, 0.15) is 12.7 Å². The molecule has 6 nitrogen and oxygen atoms in total. The van der Waals surface area contributed by atoms with Crippen LogP contribution in [0.1, 0.15) is 11.1 Å². The molecule has 0 fully saturated rings. The summed E-state index contributed by atoms with van der Waals surface area (Å²) in [6.07, 6.45) is 3.31. The van der Waals surface area contributed by atoms with Crippen molar-refractivity contribution in [2.45, 2.75) is 18.9 Å². The number of ether oxygens (including phenoxy) is 2. The Morgan fingerprint density at radius 1 is 1.19 bits per heavy atom. The maximum atomic E-state index is 11.7. The zero-order valence-corrected chi connectivity index (χ0v) is 14.9. The average Bonchev–Trinajstić information content (AvgIpc) is 3.28. The SMILES string of the molecule is O=C1Cc2c(ccc3c2OC(CNCCc2c[nH]c4ccccc24)CO3)N1. The van der Waals surface area contributed by atoms with E-state index in [0.717, 1.165) is 30.0 Å². The van der Waals surface area contributed by atoms with Crippen LogP contribution in [0.4, 0.5) is 5.69 Å². The second kappa shape index (κ2) is 6.63. The van der Waals surface area contributed by atoms with Crippen LogP contribution >= 0.6 is 0 Å². The van der Waals surface area contributed by atoms with Gasteiger partial charge in [0.15, 0.2) is 11.5 Å². The Bertz CT molecular complexity index is 1010. The van der Waals surface area contributed by atoms with Crippen LogP contribution in [0.5, 0.6) is 11.5 Å². The zero-order valence-electron chi connectivity index (χ0n) is 14.9. The van der Waals surface area contributed by atoms with Gasteiger partial charge in [0.2, 0.25) is 5.91 Å². The second-order valence-corrected chi connectivity index (χ2v) is 7.01. The van der Waals surface area contributed by atoms with E-state index in [2.05, 4.69) is 40.0 Å². The fourth-order valence-corrected chi connectivity index (χ4v) is 3.81. The summed E-state index contributed by atoms with van der Waals surface area (Å²) in [7, 11) is 0. The second-order valence-electron chi connectivity index (χ2n) is 7.01. The molecule has 3 heterocycles. The number of hydrogen-bond acceptors (Lipinski definition) is 4. The predicted octanol–water partition coefficient (Wildman–Crippen LogP) is 2.63. The minimum Gasteiger partial charge on any atom is -0.486 e. The molecule has 27 heavy (non-hydrogen) atoms. The summed E-state index contributed by atoms with van der Waals surface area (Å²) in [5, 5.41) is 7.59. The summed E-state index contributed by atoms with van der Waals surface area (Å²) in [6, 6.07) is 12.1. The van der Waals surface area contributed by atoms with Crippen LogP contribution in [0.15, 0.2) is 42.6 Å². The Hall–Kier alpha value is -2.99. The highest BCUT2D eigenvalue weighted by atomic mass is 16.6. The minimum atomic E-state index is -0.0670. The maximum absolute atomic E-state index is 11.7. The number of fused-ring (bicyclic) bond motifs is 4. The van der Waals surface area contributed by atoms with Crippen LogP contribution in [0, 0.1) is 0 Å². The van der Waals surface area contributed by atoms with Gasteiger partial charge in [0.05, 0.1) is 6.42 Å². The number of amides is 1. The van der Waals surface area contributed by atoms with Gasteiger partial charge >= 0.3 is 0 Å². The molecule has 0 aliphatic carbocycles. The highest BCUT2D eigenvalue weighted by Crippen LogP contribution is 2.41. The van der Waals surface area contributed by atoms with Crippen molar-refractivity contribution in [2.24, 2.45) is 0 Å². The first-order chi connectivity index (χ1) is 13.3. The van der Waals surface area contributed by atoms with Gasteiger partial charge in [-0.25, -0.2) is 0 Å². The van der Waals surface area contributed by atoms with Gasteiger partial charge in [-0.15, -0.1) is 0 Å². The summed E-state index contributed by atoms with van der Waals surface area (Å²) in [6.45, 7) is 2.07. The van der Waals surface area contributed by atoms with Gasteiger partial charge in [-0.1, -0.05) is 18.2 Å². The molecule has 2 aromatic carbocycles. The molecule has 0 saturated heterocycles. The number of aromatic nitrogens is 1. The van der Waals surface area contributed by atoms with Crippen LogP contribution in [-0.2, 0) is 17.6 Å². The van der Waals surface area contributed by atoms with E-state index in [-0.39, 0.29) is 12.0 Å². The van der Waals surface area contributed by atoms with E-state index in [1.807, 2.05) is 18.2 Å². The van der Waals surface area contributed by atoms with E-state index < -0.39 is 0 Å². The van der Waals surface area contributed by atoms with E-state index in [9.17, 15) is 4.79 Å². The van der Waals surface area contributed by atoms with E-state index in [1.54, 1.807) is 0 Å². The molecule has 0 saturated carbocycles. The molecule has 3 aromatic rings. The molecule has 6 heteroatoms. The monoisotopic (exact) mass is 363 g/mol. The third kappa shape index (κ3) is 3.02. The lowest BCUT2D eigenvalue weighted by atomic mass is 10.1. The molecule has 2 aliphatic heterocycles. The summed E-state index contributed by atoms with van der Waals surface area (Å²) < 4.78 is 12.0. The van der Waals surface area contributed by atoms with Gasteiger partial charge in [-0.2, -0.15) is 0 Å². The average molecular weight is 363 g/mol. The first-order valence-corrected chi connectivity index (χ1v) is 9.29. The largest absolute Gasteiger partial charge is 0.486 e. The molecule has 1 unspecified atom stereocenters. The summed E-state index contributed by atoms with van der Waals surface area (Å²) >= 11 is 0. The number of para-hydroxylation sites is 1. The third-order valence-corrected chi connectivity index (χ3v) is 5.16. The third-order valence-electron chi connectivity index (χ3n) is 5.16. The summed E-state index contributed by atoms with van der Waals surface area (Å²) in [4.78, 5) is 15.0. The molecule has 1 aromatic heterocycles. The molecule has 0 radical (unpaired) electrons. The number of rotatable bonds is 5. The van der Waals surface area contributed by atoms with Gasteiger partial charge < -0.3 is 25.1 Å². The van der Waals surface area contributed by atoms with Crippen molar-refractivity contribution in [3.63, 3.8) is 0 Å². The summed E-state index contributed by atoms with van der Waals surface area (Å²) in [5.74, 6) is 1.43. The van der Waals surface area contributed by atoms with Crippen molar-refractivity contribution in [3.8, 4) is 11.5 Å². The minimum absolute atomic E-state index is 0.000905. The van der Waals surface area contributed by atoms with Crippen LogP contribution < -0.4 is 20.1 Å². The lowest BCUT2D eigenvalue weighted by Gasteiger charge is -2.28. The van der Waals surface area contributed by atoms with Crippen molar-refractivity contribution in [2.75, 3.05) is 25.0 Å². The van der Waals surface area contributed by atoms with Crippen LogP contribution in [0.3, 0.4) is 0 Å². The Balaban J connectivity index is 1.19. The number of aromatic amines is 1. The number of benzene rings is 2. The topological polar surface area (TPSA) is 75.4 Å². The van der Waals surface area contributed by atoms with Crippen molar-refractivity contribution >= 4 is 22.5 Å². The van der Waals surface area contributed by atoms with Crippen LogP contribution in [-0.4, -0.2) is 36.7 Å². The Labute approximate surface area is 156 Å². The van der Waals surface area contributed by atoms with Gasteiger partial charge in [0.25, 0.3) is 0 Å². The van der Waals surface area contributed by atoms with Crippen molar-refractivity contribution < 1.29 is 14.3 Å². The Morgan fingerprint density at radius 3 is 3.07 bits per heavy atom. The fraction of sp³-hybridized carbons (Fsp3) is 0.286. The Morgan fingerprint density at radius 2 is 2.11 bits per heavy atom. The number of anilines is 1. The first-order valence-electron chi connectivity index (χ1n) is 9.29. The molecule has 0 bridgehead atoms.